The number of halogens is 1. The number of nitrogens with one attached hydrogen (secondary N) is 2. The summed E-state index contributed by atoms with van der Waals surface area (Å²) in [6.07, 6.45) is 3.15. The Balaban J connectivity index is 1.60. The van der Waals surface area contributed by atoms with Crippen molar-refractivity contribution in [1.82, 2.24) is 9.97 Å². The molecule has 4 nitrogen and oxygen atoms in total. The highest BCUT2D eigenvalue weighted by Crippen LogP contribution is 2.17. The lowest BCUT2D eigenvalue weighted by molar-refractivity contribution is -0.116. The van der Waals surface area contributed by atoms with Crippen LogP contribution < -0.4 is 5.32 Å². The molecule has 2 N–H and O–H groups in total. The monoisotopic (exact) mass is 341 g/mol. The lowest BCUT2D eigenvalue weighted by Gasteiger charge is -2.05. The molecule has 0 saturated heterocycles. The third-order valence-corrected chi connectivity index (χ3v) is 4.10. The van der Waals surface area contributed by atoms with Crippen LogP contribution in [0.1, 0.15) is 31.2 Å². The summed E-state index contributed by atoms with van der Waals surface area (Å²) < 4.78 is 0. The van der Waals surface area contributed by atoms with Gasteiger partial charge in [0.2, 0.25) is 5.91 Å². The summed E-state index contributed by atoms with van der Waals surface area (Å²) in [4.78, 5) is 20.0. The third-order valence-electron chi connectivity index (χ3n) is 3.85. The molecule has 0 spiro atoms. The number of fused-ring (bicyclic) bond motifs is 1. The average Bonchev–Trinajstić information content (AvgIpc) is 2.97. The van der Waals surface area contributed by atoms with Crippen LogP contribution in [-0.4, -0.2) is 15.9 Å². The average molecular weight is 342 g/mol. The van der Waals surface area contributed by atoms with Gasteiger partial charge in [-0.05, 0) is 54.8 Å². The molecule has 0 aliphatic rings. The predicted molar refractivity (Wildman–Crippen MR) is 98.5 cm³/mol. The van der Waals surface area contributed by atoms with E-state index in [0.717, 1.165) is 41.0 Å². The van der Waals surface area contributed by atoms with Gasteiger partial charge < -0.3 is 10.3 Å². The predicted octanol–water partition coefficient (Wildman–Crippen LogP) is 4.74. The third kappa shape index (κ3) is 4.15. The zero-order valence-corrected chi connectivity index (χ0v) is 14.4. The number of carbonyl (C=O) groups excluding carboxylic acids is 1. The van der Waals surface area contributed by atoms with Crippen LogP contribution >= 0.6 is 11.6 Å². The van der Waals surface area contributed by atoms with Crippen molar-refractivity contribution >= 4 is 34.2 Å². The highest BCUT2D eigenvalue weighted by molar-refractivity contribution is 6.30. The maximum atomic E-state index is 12.1. The number of carbonyl (C=O) groups is 1. The van der Waals surface area contributed by atoms with Crippen LogP contribution in [0.15, 0.2) is 42.5 Å². The summed E-state index contributed by atoms with van der Waals surface area (Å²) in [6.45, 7) is 2.14. The Morgan fingerprint density at radius 2 is 1.96 bits per heavy atom. The number of anilines is 1. The molecule has 24 heavy (non-hydrogen) atoms. The summed E-state index contributed by atoms with van der Waals surface area (Å²) in [7, 11) is 0. The van der Waals surface area contributed by atoms with Gasteiger partial charge in [-0.25, -0.2) is 4.98 Å². The zero-order valence-electron chi connectivity index (χ0n) is 13.6. The molecule has 0 saturated carbocycles. The Morgan fingerprint density at radius 3 is 2.71 bits per heavy atom. The molecule has 124 valence electrons. The fraction of sp³-hybridized carbons (Fsp3) is 0.263. The standard InChI is InChI=1S/C19H20ClN3O/c1-2-3-18-22-16-10-4-13(12-17(16)23-18)5-11-19(24)21-15-8-6-14(20)7-9-15/h4,6-10,12H,2-3,5,11H2,1H3,(H,21,24)(H,22,23). The minimum Gasteiger partial charge on any atom is -0.342 e. The Bertz CT molecular complexity index is 839. The van der Waals surface area contributed by atoms with Gasteiger partial charge in [0, 0.05) is 23.6 Å². The Kier molecular flexibility index (Phi) is 5.16. The first-order valence-electron chi connectivity index (χ1n) is 8.17. The van der Waals surface area contributed by atoms with Crippen molar-refractivity contribution in [3.63, 3.8) is 0 Å². The first-order chi connectivity index (χ1) is 11.6. The summed E-state index contributed by atoms with van der Waals surface area (Å²) in [5.41, 5.74) is 3.90. The Morgan fingerprint density at radius 1 is 1.17 bits per heavy atom. The molecule has 0 radical (unpaired) electrons. The number of hydrogen-bond acceptors (Lipinski definition) is 2. The van der Waals surface area contributed by atoms with E-state index < -0.39 is 0 Å². The van der Waals surface area contributed by atoms with Crippen molar-refractivity contribution in [2.45, 2.75) is 32.6 Å². The second kappa shape index (κ2) is 7.49. The van der Waals surface area contributed by atoms with Gasteiger partial charge in [0.25, 0.3) is 0 Å². The molecule has 0 aliphatic heterocycles. The van der Waals surface area contributed by atoms with Crippen molar-refractivity contribution < 1.29 is 4.79 Å². The number of H-pyrrole nitrogens is 1. The smallest absolute Gasteiger partial charge is 0.224 e. The number of rotatable bonds is 6. The van der Waals surface area contributed by atoms with Gasteiger partial charge in [-0.2, -0.15) is 0 Å². The topological polar surface area (TPSA) is 57.8 Å². The van der Waals surface area contributed by atoms with E-state index in [2.05, 4.69) is 28.3 Å². The molecule has 3 rings (SSSR count). The van der Waals surface area contributed by atoms with Crippen LogP contribution in [0.5, 0.6) is 0 Å². The van der Waals surface area contributed by atoms with E-state index in [1.165, 1.54) is 0 Å². The second-order valence-electron chi connectivity index (χ2n) is 5.84. The maximum Gasteiger partial charge on any atom is 0.224 e. The van der Waals surface area contributed by atoms with E-state index in [1.807, 2.05) is 12.1 Å². The van der Waals surface area contributed by atoms with Crippen LogP contribution in [-0.2, 0) is 17.6 Å². The maximum absolute atomic E-state index is 12.1. The molecule has 1 aromatic heterocycles. The summed E-state index contributed by atoms with van der Waals surface area (Å²) in [6, 6.07) is 13.2. The number of aryl methyl sites for hydroxylation is 2. The molecule has 3 aromatic rings. The molecule has 0 fully saturated rings. The lowest BCUT2D eigenvalue weighted by atomic mass is 10.1. The lowest BCUT2D eigenvalue weighted by Crippen LogP contribution is -2.12. The number of hydrogen-bond donors (Lipinski definition) is 2. The van der Waals surface area contributed by atoms with E-state index in [9.17, 15) is 4.79 Å². The van der Waals surface area contributed by atoms with Gasteiger partial charge in [-0.3, -0.25) is 4.79 Å². The molecule has 5 heteroatoms. The molecular formula is C19H20ClN3O. The van der Waals surface area contributed by atoms with Crippen molar-refractivity contribution in [3.8, 4) is 0 Å². The van der Waals surface area contributed by atoms with Crippen LogP contribution in [0.2, 0.25) is 5.02 Å². The van der Waals surface area contributed by atoms with E-state index in [-0.39, 0.29) is 5.91 Å². The fourth-order valence-corrected chi connectivity index (χ4v) is 2.76. The van der Waals surface area contributed by atoms with Crippen molar-refractivity contribution in [3.05, 3.63) is 58.9 Å². The first kappa shape index (κ1) is 16.5. The molecule has 0 aliphatic carbocycles. The molecular weight excluding hydrogens is 322 g/mol. The quantitative estimate of drug-likeness (QED) is 0.680. The minimum atomic E-state index is -0.00583. The zero-order chi connectivity index (χ0) is 16.9. The minimum absolute atomic E-state index is 0.00583. The second-order valence-corrected chi connectivity index (χ2v) is 6.28. The van der Waals surface area contributed by atoms with Gasteiger partial charge in [0.1, 0.15) is 5.82 Å². The van der Waals surface area contributed by atoms with Gasteiger partial charge in [-0.1, -0.05) is 24.6 Å². The number of nitrogens with zero attached hydrogens (tertiary/aromatic N) is 1. The van der Waals surface area contributed by atoms with Crippen LogP contribution in [0.3, 0.4) is 0 Å². The summed E-state index contributed by atoms with van der Waals surface area (Å²) >= 11 is 5.84. The number of benzene rings is 2. The molecule has 0 atom stereocenters. The molecule has 2 aromatic carbocycles. The number of aromatic amines is 1. The van der Waals surface area contributed by atoms with Crippen LogP contribution in [0, 0.1) is 0 Å². The van der Waals surface area contributed by atoms with Crippen LogP contribution in [0.25, 0.3) is 11.0 Å². The molecule has 1 heterocycles. The van der Waals surface area contributed by atoms with E-state index in [1.54, 1.807) is 24.3 Å². The molecule has 0 bridgehead atoms. The van der Waals surface area contributed by atoms with E-state index >= 15 is 0 Å². The molecule has 1 amide bonds. The highest BCUT2D eigenvalue weighted by Gasteiger charge is 2.06. The summed E-state index contributed by atoms with van der Waals surface area (Å²) in [5, 5.41) is 3.54. The number of amides is 1. The SMILES string of the molecule is CCCc1nc2ccc(CCC(=O)Nc3ccc(Cl)cc3)cc2[nH]1. The number of imidazole rings is 1. The van der Waals surface area contributed by atoms with Crippen molar-refractivity contribution in [2.75, 3.05) is 5.32 Å². The Hall–Kier alpha value is -2.33. The van der Waals surface area contributed by atoms with Gasteiger partial charge in [0.05, 0.1) is 11.0 Å². The van der Waals surface area contributed by atoms with E-state index in [4.69, 9.17) is 11.6 Å². The molecule has 0 unspecified atom stereocenters. The van der Waals surface area contributed by atoms with Gasteiger partial charge in [0.15, 0.2) is 0 Å². The Labute approximate surface area is 146 Å². The normalized spacial score (nSPS) is 10.9. The summed E-state index contributed by atoms with van der Waals surface area (Å²) in [5.74, 6) is 1.01. The van der Waals surface area contributed by atoms with Gasteiger partial charge in [-0.15, -0.1) is 0 Å². The van der Waals surface area contributed by atoms with Gasteiger partial charge >= 0.3 is 0 Å². The van der Waals surface area contributed by atoms with Crippen molar-refractivity contribution in [2.24, 2.45) is 0 Å². The fourth-order valence-electron chi connectivity index (χ4n) is 2.63. The van der Waals surface area contributed by atoms with E-state index in [0.29, 0.717) is 17.9 Å². The van der Waals surface area contributed by atoms with Crippen LogP contribution in [0.4, 0.5) is 5.69 Å². The van der Waals surface area contributed by atoms with Crippen molar-refractivity contribution in [1.29, 1.82) is 0 Å². The first-order valence-corrected chi connectivity index (χ1v) is 8.55. The number of aromatic nitrogens is 2. The highest BCUT2D eigenvalue weighted by atomic mass is 35.5. The largest absolute Gasteiger partial charge is 0.342 e.